The summed E-state index contributed by atoms with van der Waals surface area (Å²) < 4.78 is 0. The predicted octanol–water partition coefficient (Wildman–Crippen LogP) is 4.90. The fourth-order valence-corrected chi connectivity index (χ4v) is 4.04. The van der Waals surface area contributed by atoms with Crippen molar-refractivity contribution in [2.24, 2.45) is 0 Å². The van der Waals surface area contributed by atoms with Crippen molar-refractivity contribution in [2.75, 3.05) is 0 Å². The summed E-state index contributed by atoms with van der Waals surface area (Å²) in [5.74, 6) is 0.712. The Bertz CT molecular complexity index is 490. The van der Waals surface area contributed by atoms with E-state index in [0.29, 0.717) is 11.5 Å². The minimum absolute atomic E-state index is 0.328. The lowest BCUT2D eigenvalue weighted by Crippen LogP contribution is -2.11. The van der Waals surface area contributed by atoms with Gasteiger partial charge in [0, 0.05) is 15.7 Å². The lowest BCUT2D eigenvalue weighted by Gasteiger charge is -2.29. The molecule has 0 amide bonds. The SMILES string of the molecule is Cc1c(C(=O)Cl)ccc(C2CCC2)c1SC1CC1. The number of hydrogen-bond donors (Lipinski definition) is 0. The first kappa shape index (κ1) is 12.6. The molecule has 0 bridgehead atoms. The highest BCUT2D eigenvalue weighted by atomic mass is 35.5. The maximum Gasteiger partial charge on any atom is 0.252 e. The average molecular weight is 281 g/mol. The van der Waals surface area contributed by atoms with Gasteiger partial charge in [0.2, 0.25) is 0 Å². The molecule has 2 fully saturated rings. The molecule has 0 saturated heterocycles. The molecule has 0 aliphatic heterocycles. The molecule has 96 valence electrons. The maximum atomic E-state index is 11.4. The van der Waals surface area contributed by atoms with Crippen LogP contribution in [0.3, 0.4) is 0 Å². The molecule has 0 unspecified atom stereocenters. The number of halogens is 1. The Morgan fingerprint density at radius 2 is 2.00 bits per heavy atom. The molecular formula is C15H17ClOS. The van der Waals surface area contributed by atoms with Gasteiger partial charge in [0.1, 0.15) is 0 Å². The van der Waals surface area contributed by atoms with E-state index in [-0.39, 0.29) is 5.24 Å². The van der Waals surface area contributed by atoms with Crippen LogP contribution in [-0.4, -0.2) is 10.5 Å². The summed E-state index contributed by atoms with van der Waals surface area (Å²) in [4.78, 5) is 12.8. The van der Waals surface area contributed by atoms with Crippen molar-refractivity contribution in [3.8, 4) is 0 Å². The van der Waals surface area contributed by atoms with Gasteiger partial charge >= 0.3 is 0 Å². The monoisotopic (exact) mass is 280 g/mol. The van der Waals surface area contributed by atoms with Gasteiger partial charge in [0.15, 0.2) is 0 Å². The molecule has 18 heavy (non-hydrogen) atoms. The third-order valence-electron chi connectivity index (χ3n) is 4.00. The van der Waals surface area contributed by atoms with E-state index in [0.717, 1.165) is 10.8 Å². The third kappa shape index (κ3) is 2.33. The molecule has 1 aromatic rings. The van der Waals surface area contributed by atoms with Gasteiger partial charge in [-0.1, -0.05) is 12.5 Å². The highest BCUT2D eigenvalue weighted by Crippen LogP contribution is 2.47. The Balaban J connectivity index is 2.01. The van der Waals surface area contributed by atoms with Gasteiger partial charge in [0.25, 0.3) is 5.24 Å². The summed E-state index contributed by atoms with van der Waals surface area (Å²) in [5, 5.41) is 0.438. The van der Waals surface area contributed by atoms with Crippen molar-refractivity contribution < 1.29 is 4.79 Å². The topological polar surface area (TPSA) is 17.1 Å². The quantitative estimate of drug-likeness (QED) is 0.730. The van der Waals surface area contributed by atoms with Crippen molar-refractivity contribution in [2.45, 2.75) is 55.1 Å². The van der Waals surface area contributed by atoms with E-state index < -0.39 is 0 Å². The van der Waals surface area contributed by atoms with Gasteiger partial charge in [-0.3, -0.25) is 4.79 Å². The maximum absolute atomic E-state index is 11.4. The van der Waals surface area contributed by atoms with Crippen LogP contribution in [0.1, 0.15) is 59.5 Å². The zero-order chi connectivity index (χ0) is 12.7. The lowest BCUT2D eigenvalue weighted by atomic mass is 9.79. The normalized spacial score (nSPS) is 19.7. The molecule has 0 atom stereocenters. The van der Waals surface area contributed by atoms with Crippen molar-refractivity contribution in [3.05, 3.63) is 28.8 Å². The second kappa shape index (κ2) is 4.90. The molecule has 0 spiro atoms. The molecule has 2 saturated carbocycles. The largest absolute Gasteiger partial charge is 0.276 e. The summed E-state index contributed by atoms with van der Waals surface area (Å²) in [7, 11) is 0. The first-order valence-corrected chi connectivity index (χ1v) is 7.92. The fourth-order valence-electron chi connectivity index (χ4n) is 2.48. The summed E-state index contributed by atoms with van der Waals surface area (Å²) in [5.41, 5.74) is 3.23. The number of rotatable bonds is 4. The number of hydrogen-bond acceptors (Lipinski definition) is 2. The standard InChI is InChI=1S/C15H17ClOS/c1-9-12(15(16)17)7-8-13(10-3-2-4-10)14(9)18-11-5-6-11/h7-8,10-11H,2-6H2,1H3. The van der Waals surface area contributed by atoms with Crippen molar-refractivity contribution in [1.29, 1.82) is 0 Å². The summed E-state index contributed by atoms with van der Waals surface area (Å²) >= 11 is 7.63. The van der Waals surface area contributed by atoms with Crippen molar-refractivity contribution in [1.82, 2.24) is 0 Å². The second-order valence-electron chi connectivity index (χ2n) is 5.38. The van der Waals surface area contributed by atoms with Crippen LogP contribution in [0.2, 0.25) is 0 Å². The molecule has 3 heteroatoms. The lowest BCUT2D eigenvalue weighted by molar-refractivity contribution is 0.108. The number of thioether (sulfide) groups is 1. The van der Waals surface area contributed by atoms with Gasteiger partial charge in [-0.25, -0.2) is 0 Å². The van der Waals surface area contributed by atoms with E-state index in [9.17, 15) is 4.79 Å². The Morgan fingerprint density at radius 3 is 2.50 bits per heavy atom. The van der Waals surface area contributed by atoms with Crippen LogP contribution in [0.25, 0.3) is 0 Å². The summed E-state index contributed by atoms with van der Waals surface area (Å²) in [6, 6.07) is 4.05. The smallest absolute Gasteiger partial charge is 0.252 e. The van der Waals surface area contributed by atoms with Gasteiger partial charge in [0.05, 0.1) is 0 Å². The van der Waals surface area contributed by atoms with Crippen LogP contribution in [0.5, 0.6) is 0 Å². The van der Waals surface area contributed by atoms with Crippen LogP contribution in [0.4, 0.5) is 0 Å². The molecular weight excluding hydrogens is 264 g/mol. The van der Waals surface area contributed by atoms with E-state index in [4.69, 9.17) is 11.6 Å². The van der Waals surface area contributed by atoms with E-state index in [2.05, 4.69) is 6.07 Å². The fraction of sp³-hybridized carbons (Fsp3) is 0.533. The number of benzene rings is 1. The molecule has 1 nitrogen and oxygen atoms in total. The highest BCUT2D eigenvalue weighted by Gasteiger charge is 2.29. The van der Waals surface area contributed by atoms with Crippen LogP contribution in [0, 0.1) is 6.92 Å². The zero-order valence-electron chi connectivity index (χ0n) is 10.5. The van der Waals surface area contributed by atoms with Gasteiger partial charge < -0.3 is 0 Å². The Hall–Kier alpha value is -0.470. The zero-order valence-corrected chi connectivity index (χ0v) is 12.1. The van der Waals surface area contributed by atoms with Crippen LogP contribution < -0.4 is 0 Å². The van der Waals surface area contributed by atoms with Crippen molar-refractivity contribution >= 4 is 28.6 Å². The molecule has 3 rings (SSSR count). The molecule has 1 aromatic carbocycles. The van der Waals surface area contributed by atoms with E-state index in [1.807, 2.05) is 24.8 Å². The summed E-state index contributed by atoms with van der Waals surface area (Å²) in [6.07, 6.45) is 6.56. The highest BCUT2D eigenvalue weighted by molar-refractivity contribution is 8.00. The predicted molar refractivity (Wildman–Crippen MR) is 76.8 cm³/mol. The Kier molecular flexibility index (Phi) is 3.42. The van der Waals surface area contributed by atoms with Gasteiger partial charge in [-0.15, -0.1) is 11.8 Å². The van der Waals surface area contributed by atoms with E-state index in [1.54, 1.807) is 0 Å². The van der Waals surface area contributed by atoms with Gasteiger partial charge in [-0.2, -0.15) is 0 Å². The molecule has 0 N–H and O–H groups in total. The average Bonchev–Trinajstić information content (AvgIpc) is 3.04. The summed E-state index contributed by atoms with van der Waals surface area (Å²) in [6.45, 7) is 2.04. The molecule has 2 aliphatic carbocycles. The molecule has 0 aromatic heterocycles. The first-order chi connectivity index (χ1) is 8.66. The Labute approximate surface area is 117 Å². The Morgan fingerprint density at radius 1 is 1.28 bits per heavy atom. The number of carbonyl (C=O) groups excluding carboxylic acids is 1. The van der Waals surface area contributed by atoms with Crippen LogP contribution in [-0.2, 0) is 0 Å². The van der Waals surface area contributed by atoms with Crippen LogP contribution in [0.15, 0.2) is 17.0 Å². The minimum Gasteiger partial charge on any atom is -0.276 e. The van der Waals surface area contributed by atoms with E-state index >= 15 is 0 Å². The number of carbonyl (C=O) groups is 1. The van der Waals surface area contributed by atoms with Gasteiger partial charge in [-0.05, 0) is 67.3 Å². The van der Waals surface area contributed by atoms with Crippen molar-refractivity contribution in [3.63, 3.8) is 0 Å². The molecule has 0 heterocycles. The molecule has 2 aliphatic rings. The third-order valence-corrected chi connectivity index (χ3v) is 5.79. The second-order valence-corrected chi connectivity index (χ2v) is 7.03. The van der Waals surface area contributed by atoms with E-state index in [1.165, 1.54) is 42.6 Å². The molecule has 0 radical (unpaired) electrons. The minimum atomic E-state index is -0.328. The first-order valence-electron chi connectivity index (χ1n) is 6.67. The van der Waals surface area contributed by atoms with Crippen LogP contribution >= 0.6 is 23.4 Å².